The van der Waals surface area contributed by atoms with Crippen molar-refractivity contribution < 1.29 is 9.59 Å². The van der Waals surface area contributed by atoms with Crippen molar-refractivity contribution in [1.82, 2.24) is 15.2 Å². The molecule has 5 heteroatoms. The van der Waals surface area contributed by atoms with Crippen molar-refractivity contribution in [3.05, 3.63) is 30.1 Å². The van der Waals surface area contributed by atoms with Crippen molar-refractivity contribution in [1.29, 1.82) is 0 Å². The Labute approximate surface area is 132 Å². The maximum absolute atomic E-state index is 12.3. The first-order chi connectivity index (χ1) is 10.7. The number of rotatable bonds is 5. The van der Waals surface area contributed by atoms with E-state index in [-0.39, 0.29) is 23.8 Å². The first-order valence-electron chi connectivity index (χ1n) is 8.15. The molecule has 120 valence electrons. The van der Waals surface area contributed by atoms with Crippen molar-refractivity contribution in [2.45, 2.75) is 45.6 Å². The normalized spacial score (nSPS) is 15.9. The summed E-state index contributed by atoms with van der Waals surface area (Å²) in [7, 11) is 0. The van der Waals surface area contributed by atoms with E-state index in [1.54, 1.807) is 24.5 Å². The molecule has 1 N–H and O–H groups in total. The van der Waals surface area contributed by atoms with Gasteiger partial charge in [0.25, 0.3) is 5.91 Å². The van der Waals surface area contributed by atoms with E-state index in [9.17, 15) is 9.59 Å². The summed E-state index contributed by atoms with van der Waals surface area (Å²) in [5, 5.41) is 3.03. The van der Waals surface area contributed by atoms with Gasteiger partial charge in [0.1, 0.15) is 0 Å². The van der Waals surface area contributed by atoms with Crippen molar-refractivity contribution >= 4 is 11.8 Å². The molecule has 0 radical (unpaired) electrons. The SMILES string of the molecule is CCC(CC)C(=O)N1CCC(NC(=O)c2cccnc2)CC1. The zero-order valence-corrected chi connectivity index (χ0v) is 13.4. The maximum atomic E-state index is 12.3. The molecule has 1 aliphatic heterocycles. The third kappa shape index (κ3) is 4.06. The molecule has 0 aromatic carbocycles. The Hall–Kier alpha value is -1.91. The molecule has 1 fully saturated rings. The van der Waals surface area contributed by atoms with Gasteiger partial charge >= 0.3 is 0 Å². The molecule has 0 bridgehead atoms. The van der Waals surface area contributed by atoms with Crippen LogP contribution < -0.4 is 5.32 Å². The topological polar surface area (TPSA) is 62.3 Å². The minimum absolute atomic E-state index is 0.0853. The Morgan fingerprint density at radius 1 is 1.32 bits per heavy atom. The third-order valence-electron chi connectivity index (χ3n) is 4.40. The Kier molecular flexibility index (Phi) is 5.92. The molecule has 0 atom stereocenters. The van der Waals surface area contributed by atoms with E-state index < -0.39 is 0 Å². The molecule has 22 heavy (non-hydrogen) atoms. The second-order valence-corrected chi connectivity index (χ2v) is 5.83. The number of carbonyl (C=O) groups is 2. The minimum atomic E-state index is -0.0853. The molecule has 5 nitrogen and oxygen atoms in total. The lowest BCUT2D eigenvalue weighted by Crippen LogP contribution is -2.48. The summed E-state index contributed by atoms with van der Waals surface area (Å²) < 4.78 is 0. The fraction of sp³-hybridized carbons (Fsp3) is 0.588. The van der Waals surface area contributed by atoms with Gasteiger partial charge in [-0.3, -0.25) is 14.6 Å². The van der Waals surface area contributed by atoms with Gasteiger partial charge < -0.3 is 10.2 Å². The first-order valence-corrected chi connectivity index (χ1v) is 8.15. The van der Waals surface area contributed by atoms with Crippen LogP contribution in [0.15, 0.2) is 24.5 Å². The monoisotopic (exact) mass is 303 g/mol. The predicted molar refractivity (Wildman–Crippen MR) is 85.4 cm³/mol. The smallest absolute Gasteiger partial charge is 0.253 e. The van der Waals surface area contributed by atoms with Crippen molar-refractivity contribution in [2.24, 2.45) is 5.92 Å². The van der Waals surface area contributed by atoms with Crippen LogP contribution >= 0.6 is 0 Å². The molecule has 2 amide bonds. The fourth-order valence-corrected chi connectivity index (χ4v) is 2.91. The predicted octanol–water partition coefficient (Wildman–Crippen LogP) is 2.24. The summed E-state index contributed by atoms with van der Waals surface area (Å²) in [6, 6.07) is 3.65. The third-order valence-corrected chi connectivity index (χ3v) is 4.40. The molecule has 0 unspecified atom stereocenters. The van der Waals surface area contributed by atoms with Gasteiger partial charge in [-0.15, -0.1) is 0 Å². The van der Waals surface area contributed by atoms with Gasteiger partial charge in [-0.1, -0.05) is 13.8 Å². The summed E-state index contributed by atoms with van der Waals surface area (Å²) >= 11 is 0. The Bertz CT molecular complexity index is 492. The number of likely N-dealkylation sites (tertiary alicyclic amines) is 1. The molecule has 2 rings (SSSR count). The molecule has 0 saturated carbocycles. The van der Waals surface area contributed by atoms with Gasteiger partial charge in [0, 0.05) is 37.4 Å². The summed E-state index contributed by atoms with van der Waals surface area (Å²) in [6.07, 6.45) is 6.65. The lowest BCUT2D eigenvalue weighted by atomic mass is 9.98. The fourth-order valence-electron chi connectivity index (χ4n) is 2.91. The van der Waals surface area contributed by atoms with Gasteiger partial charge in [0.05, 0.1) is 5.56 Å². The minimum Gasteiger partial charge on any atom is -0.349 e. The number of piperidine rings is 1. The Morgan fingerprint density at radius 2 is 2.00 bits per heavy atom. The van der Waals surface area contributed by atoms with Crippen LogP contribution in [-0.2, 0) is 4.79 Å². The Balaban J connectivity index is 1.82. The summed E-state index contributed by atoms with van der Waals surface area (Å²) in [6.45, 7) is 5.58. The van der Waals surface area contributed by atoms with E-state index in [0.717, 1.165) is 38.8 Å². The lowest BCUT2D eigenvalue weighted by molar-refractivity contribution is -0.136. The number of hydrogen-bond acceptors (Lipinski definition) is 3. The van der Waals surface area contributed by atoms with E-state index in [1.165, 1.54) is 0 Å². The van der Waals surface area contributed by atoms with Gasteiger partial charge in [-0.25, -0.2) is 0 Å². The van der Waals surface area contributed by atoms with Gasteiger partial charge in [-0.2, -0.15) is 0 Å². The van der Waals surface area contributed by atoms with Crippen LogP contribution in [0, 0.1) is 5.92 Å². The summed E-state index contributed by atoms with van der Waals surface area (Å²) in [5.41, 5.74) is 0.582. The summed E-state index contributed by atoms with van der Waals surface area (Å²) in [4.78, 5) is 30.3. The molecular weight excluding hydrogens is 278 g/mol. The molecule has 0 spiro atoms. The highest BCUT2D eigenvalue weighted by molar-refractivity contribution is 5.94. The van der Waals surface area contributed by atoms with Crippen LogP contribution in [0.25, 0.3) is 0 Å². The van der Waals surface area contributed by atoms with E-state index in [2.05, 4.69) is 24.1 Å². The second-order valence-electron chi connectivity index (χ2n) is 5.83. The van der Waals surface area contributed by atoms with E-state index in [4.69, 9.17) is 0 Å². The molecule has 1 aliphatic rings. The zero-order chi connectivity index (χ0) is 15.9. The van der Waals surface area contributed by atoms with Crippen LogP contribution in [0.2, 0.25) is 0 Å². The van der Waals surface area contributed by atoms with Crippen LogP contribution in [0.3, 0.4) is 0 Å². The summed E-state index contributed by atoms with van der Waals surface area (Å²) in [5.74, 6) is 0.321. The van der Waals surface area contributed by atoms with Crippen LogP contribution in [0.4, 0.5) is 0 Å². The van der Waals surface area contributed by atoms with Crippen molar-refractivity contribution in [3.63, 3.8) is 0 Å². The van der Waals surface area contributed by atoms with Crippen LogP contribution in [0.5, 0.6) is 0 Å². The van der Waals surface area contributed by atoms with E-state index in [1.807, 2.05) is 4.90 Å². The molecule has 1 aromatic rings. The van der Waals surface area contributed by atoms with Gasteiger partial charge in [-0.05, 0) is 37.8 Å². The first kappa shape index (κ1) is 16.5. The number of nitrogens with zero attached hydrogens (tertiary/aromatic N) is 2. The van der Waals surface area contributed by atoms with Gasteiger partial charge in [0.2, 0.25) is 5.91 Å². The highest BCUT2D eigenvalue weighted by atomic mass is 16.2. The molecule has 0 aliphatic carbocycles. The number of amides is 2. The maximum Gasteiger partial charge on any atom is 0.253 e. The van der Waals surface area contributed by atoms with Crippen LogP contribution in [0.1, 0.15) is 49.9 Å². The van der Waals surface area contributed by atoms with Crippen LogP contribution in [-0.4, -0.2) is 40.8 Å². The highest BCUT2D eigenvalue weighted by Crippen LogP contribution is 2.17. The largest absolute Gasteiger partial charge is 0.349 e. The standard InChI is InChI=1S/C17H25N3O2/c1-3-13(4-2)17(22)20-10-7-15(8-11-20)19-16(21)14-6-5-9-18-12-14/h5-6,9,12-13,15H,3-4,7-8,10-11H2,1-2H3,(H,19,21). The zero-order valence-electron chi connectivity index (χ0n) is 13.4. The molecule has 1 aromatic heterocycles. The van der Waals surface area contributed by atoms with Crippen molar-refractivity contribution in [3.8, 4) is 0 Å². The highest BCUT2D eigenvalue weighted by Gasteiger charge is 2.27. The van der Waals surface area contributed by atoms with E-state index in [0.29, 0.717) is 5.56 Å². The average Bonchev–Trinajstić information content (AvgIpc) is 2.57. The molecular formula is C17H25N3O2. The number of hydrogen-bond donors (Lipinski definition) is 1. The van der Waals surface area contributed by atoms with Crippen molar-refractivity contribution in [2.75, 3.05) is 13.1 Å². The molecule has 2 heterocycles. The quantitative estimate of drug-likeness (QED) is 0.907. The number of nitrogens with one attached hydrogen (secondary N) is 1. The second kappa shape index (κ2) is 7.92. The number of carbonyl (C=O) groups excluding carboxylic acids is 2. The van der Waals surface area contributed by atoms with E-state index >= 15 is 0 Å². The number of pyridine rings is 1. The lowest BCUT2D eigenvalue weighted by Gasteiger charge is -2.34. The Morgan fingerprint density at radius 3 is 2.55 bits per heavy atom. The molecule has 1 saturated heterocycles. The van der Waals surface area contributed by atoms with Gasteiger partial charge in [0.15, 0.2) is 0 Å². The average molecular weight is 303 g/mol. The number of aromatic nitrogens is 1.